The second-order valence-corrected chi connectivity index (χ2v) is 7.62. The second-order valence-electron chi connectivity index (χ2n) is 7.62. The lowest BCUT2D eigenvalue weighted by molar-refractivity contribution is 0.466. The number of aliphatic imine (C=N–C) groups is 1. The highest BCUT2D eigenvalue weighted by atomic mass is 16.5. The molecular weight excluding hydrogens is 436 g/mol. The number of aromatic amines is 1. The lowest BCUT2D eigenvalue weighted by Gasteiger charge is -2.09. The molecule has 5 rings (SSSR count). The number of allylic oxidation sites excluding steroid dienone is 1. The van der Waals surface area contributed by atoms with E-state index >= 15 is 0 Å². The molecule has 0 aliphatic carbocycles. The molecule has 0 saturated carbocycles. The van der Waals surface area contributed by atoms with Crippen molar-refractivity contribution >= 4 is 11.5 Å². The number of nitrogens with zero attached hydrogens (tertiary/aromatic N) is 3. The minimum atomic E-state index is 0.457. The molecule has 166 valence electrons. The molecule has 6 heteroatoms. The van der Waals surface area contributed by atoms with Crippen LogP contribution in [0.4, 0.5) is 0 Å². The molecule has 1 aliphatic heterocycles. The van der Waals surface area contributed by atoms with Gasteiger partial charge in [-0.05, 0) is 66.2 Å². The first-order valence-electron chi connectivity index (χ1n) is 10.8. The van der Waals surface area contributed by atoms with Crippen LogP contribution < -0.4 is 9.47 Å². The third-order valence-corrected chi connectivity index (χ3v) is 5.28. The van der Waals surface area contributed by atoms with Crippen LogP contribution in [0, 0.1) is 22.7 Å². The van der Waals surface area contributed by atoms with Crippen LogP contribution in [0.3, 0.4) is 0 Å². The van der Waals surface area contributed by atoms with Crippen LogP contribution in [0.2, 0.25) is 0 Å². The normalized spacial score (nSPS) is 13.5. The number of nitriles is 2. The van der Waals surface area contributed by atoms with Crippen molar-refractivity contribution in [3.05, 3.63) is 131 Å². The van der Waals surface area contributed by atoms with Crippen molar-refractivity contribution in [3.63, 3.8) is 0 Å². The van der Waals surface area contributed by atoms with Gasteiger partial charge in [0, 0.05) is 17.7 Å². The van der Waals surface area contributed by atoms with Crippen molar-refractivity contribution < 1.29 is 9.47 Å². The van der Waals surface area contributed by atoms with Crippen molar-refractivity contribution in [3.8, 4) is 29.5 Å². The van der Waals surface area contributed by atoms with Crippen molar-refractivity contribution in [1.82, 2.24) is 4.98 Å². The Labute approximate surface area is 202 Å². The summed E-state index contributed by atoms with van der Waals surface area (Å²) in [7, 11) is 0. The topological polar surface area (TPSA) is 94.2 Å². The van der Waals surface area contributed by atoms with Gasteiger partial charge in [-0.1, -0.05) is 30.3 Å². The van der Waals surface area contributed by atoms with E-state index in [1.807, 2.05) is 54.6 Å². The maximum absolute atomic E-state index is 8.98. The monoisotopic (exact) mass is 454 g/mol. The SMILES string of the molecule is N#Cc1ccc(OC2=N/C(=C(/c3ccccc3)c3ccc(Oc4ccc(C#N)cc4)[nH]3)C=C2)cc1. The molecular formula is C29H18N4O2. The van der Waals surface area contributed by atoms with Gasteiger partial charge in [0.2, 0.25) is 5.90 Å². The fourth-order valence-electron chi connectivity index (χ4n) is 3.61. The van der Waals surface area contributed by atoms with E-state index in [2.05, 4.69) is 17.1 Å². The molecule has 1 aliphatic rings. The number of hydrogen-bond acceptors (Lipinski definition) is 5. The minimum absolute atomic E-state index is 0.457. The van der Waals surface area contributed by atoms with E-state index < -0.39 is 0 Å². The van der Waals surface area contributed by atoms with Crippen LogP contribution in [-0.4, -0.2) is 10.9 Å². The summed E-state index contributed by atoms with van der Waals surface area (Å²) in [5.41, 5.74) is 4.61. The first-order chi connectivity index (χ1) is 17.2. The molecule has 0 fully saturated rings. The summed E-state index contributed by atoms with van der Waals surface area (Å²) in [6.07, 6.45) is 3.72. The zero-order chi connectivity index (χ0) is 24.0. The Balaban J connectivity index is 1.45. The third-order valence-electron chi connectivity index (χ3n) is 5.28. The van der Waals surface area contributed by atoms with Gasteiger partial charge in [0.05, 0.1) is 34.7 Å². The molecule has 0 unspecified atom stereocenters. The van der Waals surface area contributed by atoms with E-state index in [-0.39, 0.29) is 0 Å². The van der Waals surface area contributed by atoms with E-state index in [1.165, 1.54) is 0 Å². The van der Waals surface area contributed by atoms with E-state index in [9.17, 15) is 0 Å². The van der Waals surface area contributed by atoms with Gasteiger partial charge in [-0.25, -0.2) is 4.99 Å². The van der Waals surface area contributed by atoms with Gasteiger partial charge in [0.25, 0.3) is 0 Å². The van der Waals surface area contributed by atoms with E-state index in [0.717, 1.165) is 22.5 Å². The number of ether oxygens (including phenoxy) is 2. The third kappa shape index (κ3) is 4.88. The lowest BCUT2D eigenvalue weighted by Crippen LogP contribution is -2.02. The summed E-state index contributed by atoms with van der Waals surface area (Å²) >= 11 is 0. The number of nitrogens with one attached hydrogen (secondary N) is 1. The largest absolute Gasteiger partial charge is 0.441 e. The maximum atomic E-state index is 8.98. The van der Waals surface area contributed by atoms with Gasteiger partial charge in [0.1, 0.15) is 11.5 Å². The summed E-state index contributed by atoms with van der Waals surface area (Å²) in [4.78, 5) is 8.02. The van der Waals surface area contributed by atoms with E-state index in [0.29, 0.717) is 34.4 Å². The Morgan fingerprint density at radius 1 is 0.686 bits per heavy atom. The van der Waals surface area contributed by atoms with Gasteiger partial charge in [0.15, 0.2) is 5.88 Å². The highest BCUT2D eigenvalue weighted by Gasteiger charge is 2.17. The quantitative estimate of drug-likeness (QED) is 0.380. The van der Waals surface area contributed by atoms with E-state index in [1.54, 1.807) is 48.5 Å². The van der Waals surface area contributed by atoms with Crippen LogP contribution in [0.1, 0.15) is 22.4 Å². The Morgan fingerprint density at radius 2 is 1.31 bits per heavy atom. The molecule has 0 saturated heterocycles. The van der Waals surface area contributed by atoms with Gasteiger partial charge in [-0.2, -0.15) is 10.5 Å². The summed E-state index contributed by atoms with van der Waals surface area (Å²) in [5, 5.41) is 18.0. The Hall–Kier alpha value is -5.33. The molecule has 2 heterocycles. The lowest BCUT2D eigenvalue weighted by atomic mass is 10.0. The standard InChI is InChI=1S/C29H18N4O2/c30-18-20-6-10-23(11-7-20)34-27-16-14-25(32-27)29(22-4-2-1-3-5-22)26-15-17-28(33-26)35-24-12-8-21(19-31)9-13-24/h1-17,32H/b29-26-. The average Bonchev–Trinajstić information content (AvgIpc) is 3.56. The fraction of sp³-hybridized carbons (Fsp3) is 0. The Kier molecular flexibility index (Phi) is 5.94. The maximum Gasteiger partial charge on any atom is 0.219 e. The van der Waals surface area contributed by atoms with Crippen LogP contribution in [0.5, 0.6) is 17.4 Å². The molecule has 0 bridgehead atoms. The minimum Gasteiger partial charge on any atom is -0.441 e. The summed E-state index contributed by atoms with van der Waals surface area (Å²) in [5.74, 6) is 2.26. The molecule has 0 spiro atoms. The highest BCUT2D eigenvalue weighted by Crippen LogP contribution is 2.32. The molecule has 0 amide bonds. The molecule has 3 aromatic carbocycles. The number of hydrogen-bond donors (Lipinski definition) is 1. The molecule has 4 aromatic rings. The molecule has 1 N–H and O–H groups in total. The average molecular weight is 454 g/mol. The highest BCUT2D eigenvalue weighted by molar-refractivity contribution is 5.97. The Morgan fingerprint density at radius 3 is 1.94 bits per heavy atom. The van der Waals surface area contributed by atoms with Crippen molar-refractivity contribution in [1.29, 1.82) is 10.5 Å². The molecule has 1 aromatic heterocycles. The van der Waals surface area contributed by atoms with Crippen LogP contribution in [-0.2, 0) is 0 Å². The summed E-state index contributed by atoms with van der Waals surface area (Å²) in [6, 6.07) is 31.8. The predicted octanol–water partition coefficient (Wildman–Crippen LogP) is 6.36. The fourth-order valence-corrected chi connectivity index (χ4v) is 3.61. The number of H-pyrrole nitrogens is 1. The molecule has 6 nitrogen and oxygen atoms in total. The van der Waals surface area contributed by atoms with E-state index in [4.69, 9.17) is 25.0 Å². The number of aromatic nitrogens is 1. The van der Waals surface area contributed by atoms with Crippen molar-refractivity contribution in [2.24, 2.45) is 4.99 Å². The number of rotatable bonds is 5. The van der Waals surface area contributed by atoms with Crippen molar-refractivity contribution in [2.75, 3.05) is 0 Å². The molecule has 0 atom stereocenters. The second kappa shape index (κ2) is 9.66. The summed E-state index contributed by atoms with van der Waals surface area (Å²) < 4.78 is 11.8. The van der Waals surface area contributed by atoms with Crippen LogP contribution >= 0.6 is 0 Å². The zero-order valence-electron chi connectivity index (χ0n) is 18.5. The molecule has 0 radical (unpaired) electrons. The molecule has 35 heavy (non-hydrogen) atoms. The predicted molar refractivity (Wildman–Crippen MR) is 133 cm³/mol. The van der Waals surface area contributed by atoms with Gasteiger partial charge in [-0.15, -0.1) is 0 Å². The van der Waals surface area contributed by atoms with Crippen molar-refractivity contribution in [2.45, 2.75) is 0 Å². The van der Waals surface area contributed by atoms with Gasteiger partial charge in [-0.3, -0.25) is 0 Å². The summed E-state index contributed by atoms with van der Waals surface area (Å²) in [6.45, 7) is 0. The van der Waals surface area contributed by atoms with Gasteiger partial charge >= 0.3 is 0 Å². The van der Waals surface area contributed by atoms with Gasteiger partial charge < -0.3 is 14.5 Å². The smallest absolute Gasteiger partial charge is 0.219 e. The first kappa shape index (κ1) is 21.5. The van der Waals surface area contributed by atoms with Crippen LogP contribution in [0.15, 0.2) is 114 Å². The first-order valence-corrected chi connectivity index (χ1v) is 10.8. The Bertz CT molecular complexity index is 1530. The number of benzene rings is 3. The zero-order valence-corrected chi connectivity index (χ0v) is 18.5. The van der Waals surface area contributed by atoms with Crippen LogP contribution in [0.25, 0.3) is 5.57 Å².